The number of Topliss-reactive ketones (excluding diaryl/α,β-unsaturated/α-hetero) is 1. The summed E-state index contributed by atoms with van der Waals surface area (Å²) in [5.74, 6) is -5.12. The van der Waals surface area contributed by atoms with Crippen molar-refractivity contribution in [2.45, 2.75) is 172 Å². The van der Waals surface area contributed by atoms with Gasteiger partial charge in [0.15, 0.2) is 5.78 Å². The van der Waals surface area contributed by atoms with E-state index >= 15 is 9.59 Å². The first-order chi connectivity index (χ1) is 36.4. The predicted octanol–water partition coefficient (Wildman–Crippen LogP) is 8.75. The number of fused-ring (bicyclic) bond motifs is 5. The smallest absolute Gasteiger partial charge is 0.408 e. The van der Waals surface area contributed by atoms with Crippen LogP contribution in [-0.2, 0) is 28.5 Å². The minimum atomic E-state index is -2.37. The molecule has 416 valence electrons. The number of alkyl carbamates (subject to hydrolysis) is 1. The van der Waals surface area contributed by atoms with Crippen LogP contribution in [0.2, 0.25) is 0 Å². The van der Waals surface area contributed by atoms with E-state index in [1.807, 2.05) is 0 Å². The van der Waals surface area contributed by atoms with Gasteiger partial charge in [0.05, 0.1) is 29.8 Å². The molecule has 2 radical (unpaired) electrons. The van der Waals surface area contributed by atoms with Gasteiger partial charge in [-0.3, -0.25) is 9.59 Å². The van der Waals surface area contributed by atoms with Crippen molar-refractivity contribution in [1.82, 2.24) is 10.6 Å². The Morgan fingerprint density at radius 3 is 1.95 bits per heavy atom. The second kappa shape index (κ2) is 29.8. The summed E-state index contributed by atoms with van der Waals surface area (Å²) in [4.78, 5) is 72.3. The van der Waals surface area contributed by atoms with E-state index in [9.17, 15) is 34.8 Å². The number of hydrogen-bond acceptors (Lipinski definition) is 13. The van der Waals surface area contributed by atoms with Crippen LogP contribution in [-0.4, -0.2) is 111 Å². The molecule has 1 aliphatic heterocycles. The summed E-state index contributed by atoms with van der Waals surface area (Å²) in [7, 11) is 0. The topological polar surface area (TPSA) is 227 Å². The Labute approximate surface area is 531 Å². The van der Waals surface area contributed by atoms with Gasteiger partial charge in [-0.15, -0.1) is 0 Å². The number of ether oxygens (including phenoxy) is 4. The van der Waals surface area contributed by atoms with Crippen LogP contribution in [0.4, 0.5) is 4.79 Å². The third-order valence-corrected chi connectivity index (χ3v) is 16.5. The van der Waals surface area contributed by atoms with Crippen molar-refractivity contribution < 1.29 is 151 Å². The number of aliphatic hydroxyl groups is 4. The molecule has 0 spiro atoms. The van der Waals surface area contributed by atoms with Crippen LogP contribution in [0, 0.1) is 105 Å². The summed E-state index contributed by atoms with van der Waals surface area (Å²) in [5, 5.41) is 56.1. The summed E-state index contributed by atoms with van der Waals surface area (Å²) >= 11 is 0. The molecule has 3 aromatic carbocycles. The molecule has 11 atom stereocenters. The fraction of sp³-hybridized carbons (Fsp3) is 0.525. The molecule has 7 rings (SSSR count). The largest absolute Gasteiger partial charge is 0.455 e. The van der Waals surface area contributed by atoms with Crippen LogP contribution in [0.25, 0.3) is 0 Å². The molecule has 1 saturated heterocycles. The minimum Gasteiger partial charge on any atom is -0.455 e. The molecular weight excluding hydrogens is 1420 g/mol. The molecule has 0 unspecified atom stereocenters. The Morgan fingerprint density at radius 2 is 1.35 bits per heavy atom. The van der Waals surface area contributed by atoms with E-state index in [1.165, 1.54) is 45.2 Å². The Hall–Kier alpha value is -3.09. The molecule has 2 bridgehead atoms. The Kier molecular flexibility index (Phi) is 25.1. The second-order valence-electron chi connectivity index (χ2n) is 21.7. The number of ketones is 1. The number of hydrogen-bond donors (Lipinski definition) is 6. The first-order valence-corrected chi connectivity index (χ1v) is 27.2. The number of benzene rings is 3. The molecule has 1 heterocycles. The number of amides is 2. The molecule has 2 amide bonds. The van der Waals surface area contributed by atoms with Gasteiger partial charge >= 0.3 is 18.0 Å². The molecule has 15 nitrogen and oxygen atoms in total. The maximum atomic E-state index is 15.2. The van der Waals surface area contributed by atoms with Crippen LogP contribution < -0.4 is 10.6 Å². The van der Waals surface area contributed by atoms with Gasteiger partial charge < -0.3 is 50.0 Å². The van der Waals surface area contributed by atoms with Crippen molar-refractivity contribution in [3.8, 4) is 0 Å². The quantitative estimate of drug-likeness (QED) is 0.0226. The van der Waals surface area contributed by atoms with Gasteiger partial charge in [-0.05, 0) is 93.3 Å². The van der Waals surface area contributed by atoms with Crippen molar-refractivity contribution >= 4 is 29.7 Å². The van der Waals surface area contributed by atoms with E-state index in [0.717, 1.165) is 44.9 Å². The average molecular weight is 1500 g/mol. The third kappa shape index (κ3) is 14.6. The van der Waals surface area contributed by atoms with E-state index in [1.54, 1.807) is 92.7 Å². The molecule has 0 aromatic heterocycles. The summed E-state index contributed by atoms with van der Waals surface area (Å²) in [6.07, 6.45) is 8.75. The van der Waals surface area contributed by atoms with Gasteiger partial charge in [0, 0.05) is 124 Å². The molecule has 3 aliphatic carbocycles. The standard InChI is InChI=1S/C61H78N2O13.2Ac/c1-6-7-8-9-10-11-12-13-14-15-16-17-18-19-29-36-62-57(70)75-50(48(41-30-23-20-24-31-41)63-54(67)42-32-25-21-26-33-42)56(69)74-44-38-61(72)53(76-55(68)43-34-27-22-28-35-43)51-59(5,45(64)37-46-60(51,71)39-73-46)52(66)49(65)47(40(44)2)58(61,3)4;;/h10-11,13-14,20-28,30-35,44-46,48-51,53,64-65,71-72H,6-9,12,15-19,29,36-39H2,1-5H3,(H,62,70)(H,63,67);;/b11-10-,14-13-;;/t44-,45-,46+,48-,49+,50+,51-,53-,59+,60-,61+;;/m0../s1. The number of allylic oxidation sites excluding steroid dienone is 4. The van der Waals surface area contributed by atoms with Gasteiger partial charge in [-0.2, -0.15) is 0 Å². The molecule has 3 aromatic rings. The molecule has 17 heteroatoms. The average Bonchev–Trinajstić information content (AvgIpc) is 3.54. The molecule has 78 heavy (non-hydrogen) atoms. The summed E-state index contributed by atoms with van der Waals surface area (Å²) in [5.41, 5.74) is -7.12. The van der Waals surface area contributed by atoms with Crippen LogP contribution in [0.3, 0.4) is 0 Å². The zero-order chi connectivity index (χ0) is 54.7. The van der Waals surface area contributed by atoms with Crippen molar-refractivity contribution in [3.63, 3.8) is 0 Å². The zero-order valence-electron chi connectivity index (χ0n) is 45.8. The fourth-order valence-electron chi connectivity index (χ4n) is 11.9. The molecule has 4 aliphatic rings. The first kappa shape index (κ1) is 65.7. The van der Waals surface area contributed by atoms with E-state index in [2.05, 4.69) is 41.9 Å². The van der Waals surface area contributed by atoms with Gasteiger partial charge in [-0.1, -0.05) is 144 Å². The normalized spacial score (nSPS) is 27.7. The number of aliphatic hydroxyl groups excluding tert-OH is 2. The maximum absolute atomic E-state index is 15.2. The maximum Gasteiger partial charge on any atom is 0.408 e. The Bertz CT molecular complexity index is 2580. The number of nitrogens with one attached hydrogen (secondary N) is 2. The fourth-order valence-corrected chi connectivity index (χ4v) is 11.9. The second-order valence-corrected chi connectivity index (χ2v) is 21.7. The summed E-state index contributed by atoms with van der Waals surface area (Å²) in [6.45, 7) is 8.17. The van der Waals surface area contributed by atoms with Crippen LogP contribution in [0.15, 0.2) is 126 Å². The van der Waals surface area contributed by atoms with Crippen LogP contribution in [0.5, 0.6) is 0 Å². The van der Waals surface area contributed by atoms with Gasteiger partial charge in [0.25, 0.3) is 5.91 Å². The van der Waals surface area contributed by atoms with E-state index in [-0.39, 0.29) is 130 Å². The van der Waals surface area contributed by atoms with E-state index < -0.39 is 107 Å². The van der Waals surface area contributed by atoms with Gasteiger partial charge in [-0.25, -0.2) is 14.4 Å². The monoisotopic (exact) mass is 1500 g/mol. The summed E-state index contributed by atoms with van der Waals surface area (Å²) < 4.78 is 24.4. The summed E-state index contributed by atoms with van der Waals surface area (Å²) in [6, 6.07) is 23.3. The molecule has 6 N–H and O–H groups in total. The van der Waals surface area contributed by atoms with Crippen molar-refractivity contribution in [1.29, 1.82) is 0 Å². The number of esters is 2. The number of rotatable bonds is 23. The SMILES string of the molecule is CCCCC/C=C\C/C=C\CCCCCCCNC(=O)O[C@@H](C(=O)O[C@H]1C[C@@]2(O)[C@@H](OC(=O)c3ccccc3)[C@@H]3[C@]4(O)CO[C@@H]4C[C@H](O)[C@@]3(C)C(=O)[C@H](O)C(=C1C)C2(C)C)[C@@H](NC(=O)c1ccccc1)c1ccccc1.[Ac].[Ac]. The molecule has 3 fully saturated rings. The molecule has 2 saturated carbocycles. The van der Waals surface area contributed by atoms with Crippen molar-refractivity contribution in [2.75, 3.05) is 13.2 Å². The number of carbonyl (C=O) groups excluding carboxylic acids is 5. The van der Waals surface area contributed by atoms with E-state index in [0.29, 0.717) is 12.0 Å². The van der Waals surface area contributed by atoms with Crippen molar-refractivity contribution in [3.05, 3.63) is 143 Å². The predicted molar refractivity (Wildman–Crippen MR) is 286 cm³/mol. The van der Waals surface area contributed by atoms with Crippen LogP contribution >= 0.6 is 0 Å². The Morgan fingerprint density at radius 1 is 0.769 bits per heavy atom. The molecular formula is C61H78Ac2N2O13. The zero-order valence-corrected chi connectivity index (χ0v) is 55.3. The third-order valence-electron chi connectivity index (χ3n) is 16.5. The van der Waals surface area contributed by atoms with E-state index in [4.69, 9.17) is 18.9 Å². The first-order valence-electron chi connectivity index (χ1n) is 27.2. The minimum absolute atomic E-state index is 0. The number of unbranched alkanes of at least 4 members (excludes halogenated alkanes) is 8. The van der Waals surface area contributed by atoms with Gasteiger partial charge in [0.2, 0.25) is 6.10 Å². The number of carbonyl (C=O) groups is 5. The van der Waals surface area contributed by atoms with Crippen molar-refractivity contribution in [2.24, 2.45) is 16.7 Å². The van der Waals surface area contributed by atoms with Crippen LogP contribution in [0.1, 0.15) is 150 Å². The Balaban J connectivity index is 0.00000560. The van der Waals surface area contributed by atoms with Gasteiger partial charge in [0.1, 0.15) is 35.6 Å².